The van der Waals surface area contributed by atoms with Gasteiger partial charge in [0, 0.05) is 49.8 Å². The molecule has 1 aliphatic rings. The number of piperazine rings is 1. The summed E-state index contributed by atoms with van der Waals surface area (Å²) in [6, 6.07) is 13.1. The van der Waals surface area contributed by atoms with E-state index in [2.05, 4.69) is 42.8 Å². The number of allylic oxidation sites excluding steroid dienone is 1. The lowest BCUT2D eigenvalue weighted by Gasteiger charge is -2.35. The van der Waals surface area contributed by atoms with Gasteiger partial charge in [-0.25, -0.2) is 19.0 Å². The molecule has 0 spiro atoms. The van der Waals surface area contributed by atoms with Gasteiger partial charge in [0.05, 0.1) is 25.2 Å². The Morgan fingerprint density at radius 3 is 2.51 bits per heavy atom. The summed E-state index contributed by atoms with van der Waals surface area (Å²) in [5.74, 6) is 0.711. The number of nitrogens with one attached hydrogen (secondary N) is 1. The summed E-state index contributed by atoms with van der Waals surface area (Å²) >= 11 is 0. The van der Waals surface area contributed by atoms with Crippen molar-refractivity contribution in [1.82, 2.24) is 34.0 Å². The average molecular weight is 527 g/mol. The van der Waals surface area contributed by atoms with Crippen LogP contribution in [0.3, 0.4) is 0 Å². The first-order valence-electron chi connectivity index (χ1n) is 12.8. The number of benzene rings is 1. The number of aromatic nitrogens is 6. The third kappa shape index (κ3) is 5.17. The van der Waals surface area contributed by atoms with Gasteiger partial charge in [-0.3, -0.25) is 14.5 Å². The molecular formula is C27H30N10O2. The molecule has 1 aromatic carbocycles. The van der Waals surface area contributed by atoms with E-state index in [1.54, 1.807) is 16.8 Å². The van der Waals surface area contributed by atoms with Crippen molar-refractivity contribution in [2.24, 2.45) is 0 Å². The highest BCUT2D eigenvalue weighted by molar-refractivity contribution is 5.77. The summed E-state index contributed by atoms with van der Waals surface area (Å²) in [5, 5.41) is 17.0. The van der Waals surface area contributed by atoms with Crippen LogP contribution in [0.25, 0.3) is 16.9 Å². The molecule has 4 aromatic rings. The van der Waals surface area contributed by atoms with Crippen molar-refractivity contribution in [1.29, 1.82) is 5.26 Å². The minimum absolute atomic E-state index is 0.157. The van der Waals surface area contributed by atoms with E-state index >= 15 is 0 Å². The Bertz CT molecular complexity index is 1650. The highest BCUT2D eigenvalue weighted by Crippen LogP contribution is 2.22. The fraction of sp³-hybridized carbons (Fsp3) is 0.333. The molecule has 0 atom stereocenters. The molecule has 12 nitrogen and oxygen atoms in total. The van der Waals surface area contributed by atoms with Gasteiger partial charge in [0.2, 0.25) is 5.95 Å². The predicted octanol–water partition coefficient (Wildman–Crippen LogP) is 2.29. The van der Waals surface area contributed by atoms with Crippen molar-refractivity contribution >= 4 is 28.4 Å². The Balaban J connectivity index is 1.45. The first kappa shape index (κ1) is 25.9. The van der Waals surface area contributed by atoms with Crippen LogP contribution in [0, 0.1) is 11.3 Å². The Kier molecular flexibility index (Phi) is 7.25. The molecule has 1 aliphatic heterocycles. The number of hydrogen-bond donors (Lipinski definition) is 1. The topological polar surface area (TPSA) is 130 Å². The average Bonchev–Trinajstić information content (AvgIpc) is 3.21. The zero-order valence-electron chi connectivity index (χ0n) is 22.0. The molecule has 1 saturated heterocycles. The van der Waals surface area contributed by atoms with Crippen molar-refractivity contribution in [3.05, 3.63) is 76.0 Å². The molecule has 200 valence electrons. The molecule has 1 N–H and O–H groups in total. The van der Waals surface area contributed by atoms with E-state index in [-0.39, 0.29) is 23.7 Å². The van der Waals surface area contributed by atoms with E-state index in [4.69, 9.17) is 5.26 Å². The summed E-state index contributed by atoms with van der Waals surface area (Å²) < 4.78 is 4.44. The van der Waals surface area contributed by atoms with Gasteiger partial charge in [0.1, 0.15) is 5.39 Å². The molecule has 0 unspecified atom stereocenters. The standard InChI is InChI=1S/C27H30N10O2/c1-4-12-35-26(39)22-18-29-27(31-25(22)37(35)23-9-10-24(38)36(32-23)19(2)3)30-20-5-7-21(8-6-20)34-16-14-33(13-11-28)15-17-34/h4-10,18-19H,1,12-17H2,2-3H3,(H,29,30,31). The molecule has 0 bridgehead atoms. The molecule has 0 amide bonds. The number of fused-ring (bicyclic) bond motifs is 1. The third-order valence-corrected chi connectivity index (χ3v) is 6.65. The van der Waals surface area contributed by atoms with Crippen molar-refractivity contribution in [3.63, 3.8) is 0 Å². The molecule has 0 aliphatic carbocycles. The second kappa shape index (κ2) is 10.9. The van der Waals surface area contributed by atoms with Gasteiger partial charge in [0.15, 0.2) is 11.5 Å². The Morgan fingerprint density at radius 2 is 1.85 bits per heavy atom. The smallest absolute Gasteiger partial charge is 0.278 e. The fourth-order valence-corrected chi connectivity index (χ4v) is 4.66. The van der Waals surface area contributed by atoms with E-state index in [1.807, 2.05) is 38.1 Å². The van der Waals surface area contributed by atoms with Crippen molar-refractivity contribution in [3.8, 4) is 11.9 Å². The van der Waals surface area contributed by atoms with Crippen molar-refractivity contribution in [2.75, 3.05) is 42.9 Å². The maximum atomic E-state index is 13.2. The number of hydrogen-bond acceptors (Lipinski definition) is 9. The summed E-state index contributed by atoms with van der Waals surface area (Å²) in [6.45, 7) is 11.7. The van der Waals surface area contributed by atoms with Crippen LogP contribution in [0.15, 0.2) is 64.8 Å². The zero-order chi connectivity index (χ0) is 27.5. The highest BCUT2D eigenvalue weighted by atomic mass is 16.1. The summed E-state index contributed by atoms with van der Waals surface area (Å²) in [4.78, 5) is 39.0. The molecule has 5 rings (SSSR count). The van der Waals surface area contributed by atoms with Crippen LogP contribution in [0.1, 0.15) is 19.9 Å². The monoisotopic (exact) mass is 526 g/mol. The SMILES string of the molecule is C=CCn1c(=O)c2cnc(Nc3ccc(N4CCN(CC#N)CC4)cc3)nc2n1-c1ccc(=O)n(C(C)C)n1. The molecule has 39 heavy (non-hydrogen) atoms. The van der Waals surface area contributed by atoms with Gasteiger partial charge in [-0.1, -0.05) is 6.08 Å². The number of nitrogens with zero attached hydrogens (tertiary/aromatic N) is 9. The van der Waals surface area contributed by atoms with Crippen molar-refractivity contribution in [2.45, 2.75) is 26.4 Å². The van der Waals surface area contributed by atoms with Gasteiger partial charge < -0.3 is 10.2 Å². The summed E-state index contributed by atoms with van der Waals surface area (Å²) in [5.41, 5.74) is 1.77. The Hall–Kier alpha value is -4.76. The van der Waals surface area contributed by atoms with Crippen LogP contribution in [-0.2, 0) is 6.54 Å². The first-order valence-corrected chi connectivity index (χ1v) is 12.8. The van der Waals surface area contributed by atoms with E-state index in [0.29, 0.717) is 29.3 Å². The normalized spacial score (nSPS) is 14.1. The molecule has 0 radical (unpaired) electrons. The van der Waals surface area contributed by atoms with Crippen molar-refractivity contribution < 1.29 is 0 Å². The van der Waals surface area contributed by atoms with Crippen LogP contribution in [0.2, 0.25) is 0 Å². The van der Waals surface area contributed by atoms with Crippen LogP contribution in [0.4, 0.5) is 17.3 Å². The third-order valence-electron chi connectivity index (χ3n) is 6.65. The van der Waals surface area contributed by atoms with Gasteiger partial charge >= 0.3 is 0 Å². The quantitative estimate of drug-likeness (QED) is 0.271. The number of anilines is 3. The lowest BCUT2D eigenvalue weighted by Crippen LogP contribution is -2.46. The van der Waals surface area contributed by atoms with Crippen LogP contribution >= 0.6 is 0 Å². The van der Waals surface area contributed by atoms with Gasteiger partial charge in [-0.05, 0) is 44.2 Å². The van der Waals surface area contributed by atoms with Gasteiger partial charge in [0.25, 0.3) is 11.1 Å². The zero-order valence-corrected chi connectivity index (χ0v) is 22.0. The minimum atomic E-state index is -0.278. The molecule has 3 aromatic heterocycles. The second-order valence-electron chi connectivity index (χ2n) is 9.58. The molecular weight excluding hydrogens is 496 g/mol. The van der Waals surface area contributed by atoms with E-state index in [9.17, 15) is 9.59 Å². The Labute approximate surface area is 225 Å². The Morgan fingerprint density at radius 1 is 1.10 bits per heavy atom. The largest absolute Gasteiger partial charge is 0.369 e. The predicted molar refractivity (Wildman–Crippen MR) is 150 cm³/mol. The van der Waals surface area contributed by atoms with E-state index < -0.39 is 0 Å². The van der Waals surface area contributed by atoms with Crippen LogP contribution in [-0.4, -0.2) is 66.7 Å². The molecule has 0 saturated carbocycles. The molecule has 4 heterocycles. The van der Waals surface area contributed by atoms with Gasteiger partial charge in [-0.15, -0.1) is 11.7 Å². The minimum Gasteiger partial charge on any atom is -0.369 e. The second-order valence-corrected chi connectivity index (χ2v) is 9.58. The maximum absolute atomic E-state index is 13.2. The van der Waals surface area contributed by atoms with E-state index in [0.717, 1.165) is 37.6 Å². The summed E-state index contributed by atoms with van der Waals surface area (Å²) in [7, 11) is 0. The maximum Gasteiger partial charge on any atom is 0.278 e. The van der Waals surface area contributed by atoms with Crippen LogP contribution < -0.4 is 21.3 Å². The van der Waals surface area contributed by atoms with E-state index in [1.165, 1.54) is 21.6 Å². The fourth-order valence-electron chi connectivity index (χ4n) is 4.66. The first-order chi connectivity index (χ1) is 18.9. The summed E-state index contributed by atoms with van der Waals surface area (Å²) in [6.07, 6.45) is 3.11. The number of nitriles is 1. The molecule has 12 heteroatoms. The lowest BCUT2D eigenvalue weighted by molar-refractivity contribution is 0.287. The lowest BCUT2D eigenvalue weighted by atomic mass is 10.2. The van der Waals surface area contributed by atoms with Crippen LogP contribution in [0.5, 0.6) is 0 Å². The molecule has 1 fully saturated rings. The number of rotatable bonds is 8. The van der Waals surface area contributed by atoms with Gasteiger partial charge in [-0.2, -0.15) is 10.2 Å². The highest BCUT2D eigenvalue weighted by Gasteiger charge is 2.20.